The molecule has 0 saturated heterocycles. The number of rotatable bonds is 6. The molecule has 2 aliphatic heterocycles. The first-order valence-electron chi connectivity index (χ1n) is 7.52. The van der Waals surface area contributed by atoms with Gasteiger partial charge in [-0.3, -0.25) is 4.79 Å². The predicted molar refractivity (Wildman–Crippen MR) is 80.3 cm³/mol. The zero-order valence-corrected chi connectivity index (χ0v) is 12.4. The lowest BCUT2D eigenvalue weighted by molar-refractivity contribution is -0.116. The van der Waals surface area contributed by atoms with Gasteiger partial charge in [0.2, 0.25) is 5.91 Å². The molecule has 22 heavy (non-hydrogen) atoms. The van der Waals surface area contributed by atoms with E-state index in [1.807, 2.05) is 4.57 Å². The van der Waals surface area contributed by atoms with E-state index < -0.39 is 5.66 Å². The zero-order valence-electron chi connectivity index (χ0n) is 12.4. The first kappa shape index (κ1) is 14.7. The molecule has 7 heteroatoms. The highest BCUT2D eigenvalue weighted by atomic mass is 16.5. The van der Waals surface area contributed by atoms with Crippen molar-refractivity contribution in [3.05, 3.63) is 12.0 Å². The number of hydrogen-bond acceptors (Lipinski definition) is 5. The highest BCUT2D eigenvalue weighted by molar-refractivity contribution is 5.89. The Bertz CT molecular complexity index is 622. The molecule has 116 valence electrons. The van der Waals surface area contributed by atoms with E-state index >= 15 is 0 Å². The smallest absolute Gasteiger partial charge is 0.225 e. The van der Waals surface area contributed by atoms with Crippen LogP contribution in [0.5, 0.6) is 0 Å². The summed E-state index contributed by atoms with van der Waals surface area (Å²) in [4.78, 5) is 16.5. The number of fused-ring (bicyclic) bond motifs is 1. The maximum absolute atomic E-state index is 12.1. The van der Waals surface area contributed by atoms with E-state index in [9.17, 15) is 4.79 Å². The van der Waals surface area contributed by atoms with Gasteiger partial charge in [-0.25, -0.2) is 4.98 Å². The SMILES string of the molecule is C#CCCC1(CCC(=O)Nc2cnc3n2CCOCC3)N=N1. The summed E-state index contributed by atoms with van der Waals surface area (Å²) in [7, 11) is 0. The van der Waals surface area contributed by atoms with Crippen LogP contribution in [0.2, 0.25) is 0 Å². The number of aromatic nitrogens is 2. The van der Waals surface area contributed by atoms with Gasteiger partial charge in [-0.15, -0.1) is 12.3 Å². The van der Waals surface area contributed by atoms with E-state index in [1.165, 1.54) is 0 Å². The summed E-state index contributed by atoms with van der Waals surface area (Å²) in [6.45, 7) is 2.02. The molecule has 0 radical (unpaired) electrons. The Kier molecular flexibility index (Phi) is 4.20. The van der Waals surface area contributed by atoms with Crippen molar-refractivity contribution in [1.82, 2.24) is 9.55 Å². The van der Waals surface area contributed by atoms with Crippen molar-refractivity contribution in [2.24, 2.45) is 10.2 Å². The van der Waals surface area contributed by atoms with Crippen LogP contribution in [0, 0.1) is 12.3 Å². The van der Waals surface area contributed by atoms with Gasteiger partial charge in [0.1, 0.15) is 11.6 Å². The molecule has 0 atom stereocenters. The number of nitrogens with one attached hydrogen (secondary N) is 1. The molecule has 0 aliphatic carbocycles. The molecule has 0 bridgehead atoms. The second-order valence-electron chi connectivity index (χ2n) is 5.51. The third-order valence-corrected chi connectivity index (χ3v) is 3.94. The number of carbonyl (C=O) groups excluding carboxylic acids is 1. The molecule has 1 aromatic rings. The number of imidazole rings is 1. The molecule has 1 amide bonds. The summed E-state index contributed by atoms with van der Waals surface area (Å²) >= 11 is 0. The van der Waals surface area contributed by atoms with Crippen molar-refractivity contribution < 1.29 is 9.53 Å². The molecule has 0 fully saturated rings. The summed E-state index contributed by atoms with van der Waals surface area (Å²) in [6, 6.07) is 0. The van der Waals surface area contributed by atoms with Gasteiger partial charge in [0, 0.05) is 38.6 Å². The first-order valence-corrected chi connectivity index (χ1v) is 7.52. The molecule has 1 aromatic heterocycles. The van der Waals surface area contributed by atoms with E-state index in [2.05, 4.69) is 26.4 Å². The lowest BCUT2D eigenvalue weighted by atomic mass is 10.0. The Morgan fingerprint density at radius 1 is 1.45 bits per heavy atom. The van der Waals surface area contributed by atoms with Gasteiger partial charge in [0.05, 0.1) is 19.4 Å². The van der Waals surface area contributed by atoms with Crippen molar-refractivity contribution in [3.63, 3.8) is 0 Å². The Morgan fingerprint density at radius 3 is 3.09 bits per heavy atom. The second kappa shape index (κ2) is 6.28. The van der Waals surface area contributed by atoms with Crippen LogP contribution < -0.4 is 5.32 Å². The van der Waals surface area contributed by atoms with Gasteiger partial charge >= 0.3 is 0 Å². The molecule has 7 nitrogen and oxygen atoms in total. The Hall–Kier alpha value is -2.20. The fourth-order valence-corrected chi connectivity index (χ4v) is 2.57. The number of ether oxygens (including phenoxy) is 1. The normalized spacial score (nSPS) is 18.1. The van der Waals surface area contributed by atoms with E-state index in [0.717, 1.165) is 24.5 Å². The lowest BCUT2D eigenvalue weighted by Crippen LogP contribution is -2.19. The standard InChI is InChI=1S/C15H19N5O2/c1-2-3-6-15(18-19-15)7-4-14(21)17-13-11-16-12-5-9-22-10-8-20(12)13/h1,11H,3-10H2,(H,17,21). The maximum atomic E-state index is 12.1. The molecule has 0 aromatic carbocycles. The molecule has 2 aliphatic rings. The Labute approximate surface area is 129 Å². The summed E-state index contributed by atoms with van der Waals surface area (Å²) < 4.78 is 7.42. The first-order chi connectivity index (χ1) is 10.7. The highest BCUT2D eigenvalue weighted by Crippen LogP contribution is 2.37. The van der Waals surface area contributed by atoms with Crippen molar-refractivity contribution in [1.29, 1.82) is 0 Å². The molecule has 1 N–H and O–H groups in total. The Morgan fingerprint density at radius 2 is 2.32 bits per heavy atom. The van der Waals surface area contributed by atoms with Crippen LogP contribution in [0.3, 0.4) is 0 Å². The quantitative estimate of drug-likeness (QED) is 0.813. The maximum Gasteiger partial charge on any atom is 0.225 e. The van der Waals surface area contributed by atoms with Gasteiger partial charge in [0.25, 0.3) is 0 Å². The summed E-state index contributed by atoms with van der Waals surface area (Å²) in [5.41, 5.74) is -0.411. The molecule has 0 unspecified atom stereocenters. The average molecular weight is 301 g/mol. The fraction of sp³-hybridized carbons (Fsp3) is 0.600. The van der Waals surface area contributed by atoms with Crippen LogP contribution in [0.4, 0.5) is 5.82 Å². The molecule has 0 spiro atoms. The topological polar surface area (TPSA) is 80.9 Å². The molecule has 3 rings (SSSR count). The van der Waals surface area contributed by atoms with Crippen molar-refractivity contribution in [3.8, 4) is 12.3 Å². The second-order valence-corrected chi connectivity index (χ2v) is 5.51. The third-order valence-electron chi connectivity index (χ3n) is 3.94. The van der Waals surface area contributed by atoms with Crippen molar-refractivity contribution in [2.45, 2.75) is 44.3 Å². The summed E-state index contributed by atoms with van der Waals surface area (Å²) in [6.07, 6.45) is 10.0. The van der Waals surface area contributed by atoms with Crippen LogP contribution in [-0.4, -0.2) is 34.3 Å². The zero-order chi connectivity index (χ0) is 15.4. The van der Waals surface area contributed by atoms with E-state index in [1.54, 1.807) is 6.20 Å². The third kappa shape index (κ3) is 3.34. The predicted octanol–water partition coefficient (Wildman–Crippen LogP) is 1.75. The fourth-order valence-electron chi connectivity index (χ4n) is 2.57. The van der Waals surface area contributed by atoms with E-state index in [-0.39, 0.29) is 5.91 Å². The number of carbonyl (C=O) groups is 1. The molecule has 0 saturated carbocycles. The minimum Gasteiger partial charge on any atom is -0.379 e. The molecular formula is C15H19N5O2. The van der Waals surface area contributed by atoms with E-state index in [4.69, 9.17) is 11.2 Å². The summed E-state index contributed by atoms with van der Waals surface area (Å²) in [5, 5.41) is 11.0. The summed E-state index contributed by atoms with van der Waals surface area (Å²) in [5.74, 6) is 4.21. The monoisotopic (exact) mass is 301 g/mol. The number of nitrogens with zero attached hydrogens (tertiary/aromatic N) is 4. The van der Waals surface area contributed by atoms with Crippen LogP contribution in [0.1, 0.15) is 31.5 Å². The number of terminal acetylenes is 1. The number of anilines is 1. The number of amides is 1. The molecule has 3 heterocycles. The average Bonchev–Trinajstić information content (AvgIpc) is 3.26. The van der Waals surface area contributed by atoms with E-state index in [0.29, 0.717) is 39.0 Å². The number of hydrogen-bond donors (Lipinski definition) is 1. The minimum absolute atomic E-state index is 0.0507. The highest BCUT2D eigenvalue weighted by Gasteiger charge is 2.39. The van der Waals surface area contributed by atoms with Crippen LogP contribution in [0.25, 0.3) is 0 Å². The minimum atomic E-state index is -0.411. The lowest BCUT2D eigenvalue weighted by Gasteiger charge is -2.11. The van der Waals surface area contributed by atoms with Crippen LogP contribution >= 0.6 is 0 Å². The van der Waals surface area contributed by atoms with Gasteiger partial charge in [-0.05, 0) is 0 Å². The van der Waals surface area contributed by atoms with Gasteiger partial charge in [-0.2, -0.15) is 10.2 Å². The van der Waals surface area contributed by atoms with Gasteiger partial charge < -0.3 is 14.6 Å². The van der Waals surface area contributed by atoms with Gasteiger partial charge in [0.15, 0.2) is 5.66 Å². The van der Waals surface area contributed by atoms with Crippen LogP contribution in [0.15, 0.2) is 16.4 Å². The Balaban J connectivity index is 1.52. The largest absolute Gasteiger partial charge is 0.379 e. The van der Waals surface area contributed by atoms with Crippen LogP contribution in [-0.2, 0) is 22.5 Å². The molecular weight excluding hydrogens is 282 g/mol. The van der Waals surface area contributed by atoms with Gasteiger partial charge in [-0.1, -0.05) is 0 Å². The van der Waals surface area contributed by atoms with Crippen molar-refractivity contribution in [2.75, 3.05) is 18.5 Å². The van der Waals surface area contributed by atoms with Crippen molar-refractivity contribution >= 4 is 11.7 Å².